The van der Waals surface area contributed by atoms with Gasteiger partial charge in [-0.1, -0.05) is 0 Å². The minimum atomic E-state index is -2.06. The highest BCUT2D eigenvalue weighted by Gasteiger charge is 2.28. The fraction of sp³-hybridized carbons (Fsp3) is 1.00. The molecule has 0 aliphatic carbocycles. The Morgan fingerprint density at radius 2 is 2.20 bits per heavy atom. The van der Waals surface area contributed by atoms with Gasteiger partial charge in [-0.2, -0.15) is 0 Å². The van der Waals surface area contributed by atoms with Crippen molar-refractivity contribution in [3.8, 4) is 0 Å². The molecule has 0 aromatic heterocycles. The molecule has 0 aliphatic rings. The maximum absolute atomic E-state index is 10.7. The van der Waals surface area contributed by atoms with Crippen molar-refractivity contribution in [3.05, 3.63) is 0 Å². The van der Waals surface area contributed by atoms with E-state index >= 15 is 0 Å². The standard InChI is InChI=1S/C4H8Cl2O3P/c5-1-2-9-10(8)4(7)3-6/h4,7H,1-3H2/q+1. The van der Waals surface area contributed by atoms with Crippen LogP contribution in [0.1, 0.15) is 0 Å². The fourth-order valence-electron chi connectivity index (χ4n) is 0.267. The highest BCUT2D eigenvalue weighted by atomic mass is 35.5. The van der Waals surface area contributed by atoms with Gasteiger partial charge >= 0.3 is 8.03 Å². The highest BCUT2D eigenvalue weighted by molar-refractivity contribution is 7.39. The number of aliphatic hydroxyl groups excluding tert-OH is 1. The first-order chi connectivity index (χ1) is 4.72. The van der Waals surface area contributed by atoms with E-state index in [2.05, 4.69) is 4.52 Å². The Kier molecular flexibility index (Phi) is 6.70. The quantitative estimate of drug-likeness (QED) is 0.548. The van der Waals surface area contributed by atoms with Gasteiger partial charge in [-0.3, -0.25) is 0 Å². The van der Waals surface area contributed by atoms with E-state index in [4.69, 9.17) is 28.3 Å². The van der Waals surface area contributed by atoms with Crippen molar-refractivity contribution in [3.63, 3.8) is 0 Å². The lowest BCUT2D eigenvalue weighted by atomic mass is 10.9. The van der Waals surface area contributed by atoms with Crippen molar-refractivity contribution in [1.29, 1.82) is 0 Å². The normalized spacial score (nSPS) is 14.9. The van der Waals surface area contributed by atoms with E-state index in [9.17, 15) is 4.57 Å². The molecule has 0 rings (SSSR count). The summed E-state index contributed by atoms with van der Waals surface area (Å²) in [5.74, 6) is -0.909. The zero-order chi connectivity index (χ0) is 7.98. The van der Waals surface area contributed by atoms with Gasteiger partial charge in [0.1, 0.15) is 6.61 Å². The molecule has 2 unspecified atom stereocenters. The van der Waals surface area contributed by atoms with Crippen LogP contribution in [-0.4, -0.2) is 29.3 Å². The van der Waals surface area contributed by atoms with Gasteiger partial charge in [0, 0.05) is 0 Å². The summed E-state index contributed by atoms with van der Waals surface area (Å²) in [7, 11) is -2.06. The van der Waals surface area contributed by atoms with Crippen molar-refractivity contribution < 1.29 is 14.2 Å². The van der Waals surface area contributed by atoms with Crippen LogP contribution in [0.15, 0.2) is 0 Å². The average Bonchev–Trinajstić information content (AvgIpc) is 1.98. The largest absolute Gasteiger partial charge is 0.541 e. The van der Waals surface area contributed by atoms with E-state index in [1.807, 2.05) is 0 Å². The van der Waals surface area contributed by atoms with Crippen LogP contribution in [0.25, 0.3) is 0 Å². The molecule has 0 amide bonds. The molecule has 0 fully saturated rings. The maximum atomic E-state index is 10.7. The second-order valence-electron chi connectivity index (χ2n) is 1.44. The van der Waals surface area contributed by atoms with Crippen molar-refractivity contribution in [2.75, 3.05) is 18.4 Å². The summed E-state index contributed by atoms with van der Waals surface area (Å²) >= 11 is 10.4. The lowest BCUT2D eigenvalue weighted by molar-refractivity contribution is 0.239. The molecule has 0 aliphatic heterocycles. The Bertz CT molecular complexity index is 111. The number of hydrogen-bond acceptors (Lipinski definition) is 3. The van der Waals surface area contributed by atoms with Crippen LogP contribution < -0.4 is 0 Å². The van der Waals surface area contributed by atoms with Crippen LogP contribution in [0.5, 0.6) is 0 Å². The number of halogens is 2. The van der Waals surface area contributed by atoms with E-state index < -0.39 is 13.9 Å². The highest BCUT2D eigenvalue weighted by Crippen LogP contribution is 2.27. The molecule has 0 spiro atoms. The minimum Gasteiger partial charge on any atom is -0.348 e. The van der Waals surface area contributed by atoms with Crippen LogP contribution >= 0.6 is 31.2 Å². The fourth-order valence-corrected chi connectivity index (χ4v) is 1.35. The molecule has 6 heteroatoms. The van der Waals surface area contributed by atoms with Gasteiger partial charge in [0.15, 0.2) is 0 Å². The number of aliphatic hydroxyl groups is 1. The van der Waals surface area contributed by atoms with Gasteiger partial charge in [-0.15, -0.1) is 27.7 Å². The lowest BCUT2D eigenvalue weighted by Crippen LogP contribution is -2.04. The van der Waals surface area contributed by atoms with Gasteiger partial charge in [0.2, 0.25) is 0 Å². The third-order valence-corrected chi connectivity index (χ3v) is 2.45. The van der Waals surface area contributed by atoms with Crippen LogP contribution in [0.4, 0.5) is 0 Å². The van der Waals surface area contributed by atoms with E-state index in [1.165, 1.54) is 0 Å². The molecule has 3 nitrogen and oxygen atoms in total. The second-order valence-corrected chi connectivity index (χ2v) is 3.55. The summed E-state index contributed by atoms with van der Waals surface area (Å²) in [6.07, 6.45) is 0. The predicted molar refractivity (Wildman–Crippen MR) is 41.0 cm³/mol. The predicted octanol–water partition coefficient (Wildman–Crippen LogP) is 1.54. The summed E-state index contributed by atoms with van der Waals surface area (Å²) < 4.78 is 15.3. The monoisotopic (exact) mass is 205 g/mol. The molecule has 0 saturated carbocycles. The van der Waals surface area contributed by atoms with Gasteiger partial charge in [-0.05, 0) is 4.57 Å². The topological polar surface area (TPSA) is 46.5 Å². The molecule has 0 aromatic carbocycles. The maximum Gasteiger partial charge on any atom is 0.541 e. The van der Waals surface area contributed by atoms with Crippen LogP contribution in [0, 0.1) is 0 Å². The molecule has 1 N–H and O–H groups in total. The van der Waals surface area contributed by atoms with Crippen molar-refractivity contribution in [2.45, 2.75) is 5.85 Å². The van der Waals surface area contributed by atoms with E-state index in [-0.39, 0.29) is 18.4 Å². The molecule has 0 aromatic rings. The third-order valence-electron chi connectivity index (χ3n) is 0.677. The van der Waals surface area contributed by atoms with Gasteiger partial charge in [-0.25, -0.2) is 0 Å². The van der Waals surface area contributed by atoms with Gasteiger partial charge in [0.25, 0.3) is 5.85 Å². The Hall–Kier alpha value is 0.600. The Balaban J connectivity index is 3.42. The smallest absolute Gasteiger partial charge is 0.348 e. The van der Waals surface area contributed by atoms with E-state index in [1.54, 1.807) is 0 Å². The summed E-state index contributed by atoms with van der Waals surface area (Å²) in [4.78, 5) is 0. The zero-order valence-corrected chi connectivity index (χ0v) is 7.57. The van der Waals surface area contributed by atoms with Crippen molar-refractivity contribution >= 4 is 31.2 Å². The van der Waals surface area contributed by atoms with E-state index in [0.717, 1.165) is 0 Å². The molecule has 2 atom stereocenters. The molecular weight excluding hydrogens is 198 g/mol. The molecule has 0 bridgehead atoms. The first kappa shape index (κ1) is 10.6. The summed E-state index contributed by atoms with van der Waals surface area (Å²) in [5.41, 5.74) is 0. The molecule has 0 heterocycles. The average molecular weight is 206 g/mol. The molecule has 0 radical (unpaired) electrons. The molecule has 60 valence electrons. The first-order valence-electron chi connectivity index (χ1n) is 2.61. The molecule has 10 heavy (non-hydrogen) atoms. The summed E-state index contributed by atoms with van der Waals surface area (Å²) in [5, 5.41) is 8.77. The van der Waals surface area contributed by atoms with E-state index in [0.29, 0.717) is 0 Å². The summed E-state index contributed by atoms with van der Waals surface area (Å²) in [6, 6.07) is 0. The van der Waals surface area contributed by atoms with Crippen LogP contribution in [-0.2, 0) is 9.09 Å². The third kappa shape index (κ3) is 4.42. The molecule has 0 saturated heterocycles. The van der Waals surface area contributed by atoms with Crippen LogP contribution in [0.2, 0.25) is 0 Å². The van der Waals surface area contributed by atoms with Crippen molar-refractivity contribution in [1.82, 2.24) is 0 Å². The van der Waals surface area contributed by atoms with Gasteiger partial charge in [0.05, 0.1) is 11.8 Å². The Labute approximate surface area is 70.1 Å². The number of hydrogen-bond donors (Lipinski definition) is 1. The first-order valence-corrected chi connectivity index (χ1v) is 4.93. The summed E-state index contributed by atoms with van der Waals surface area (Å²) in [6.45, 7) is 0.171. The number of rotatable bonds is 5. The lowest BCUT2D eigenvalue weighted by Gasteiger charge is -1.90. The zero-order valence-electron chi connectivity index (χ0n) is 5.17. The minimum absolute atomic E-state index is 0.0858. The Morgan fingerprint density at radius 1 is 1.60 bits per heavy atom. The van der Waals surface area contributed by atoms with Crippen molar-refractivity contribution in [2.24, 2.45) is 0 Å². The number of alkyl halides is 2. The van der Waals surface area contributed by atoms with Gasteiger partial charge < -0.3 is 5.11 Å². The Morgan fingerprint density at radius 3 is 2.60 bits per heavy atom. The second kappa shape index (κ2) is 6.32. The SMILES string of the molecule is O=[P+](OCCCl)C(O)CCl. The van der Waals surface area contributed by atoms with Crippen LogP contribution in [0.3, 0.4) is 0 Å². The molecular formula is C4H8Cl2O3P+.